The fraction of sp³-hybridized carbons (Fsp3) is 0.333. The van der Waals surface area contributed by atoms with E-state index in [1.807, 2.05) is 17.5 Å². The predicted molar refractivity (Wildman–Crippen MR) is 107 cm³/mol. The van der Waals surface area contributed by atoms with Crippen LogP contribution in [-0.4, -0.2) is 25.6 Å². The summed E-state index contributed by atoms with van der Waals surface area (Å²) in [6.07, 6.45) is 3.88. The van der Waals surface area contributed by atoms with Crippen LogP contribution in [0.25, 0.3) is 11.0 Å². The molecule has 0 bridgehead atoms. The SMILES string of the molecule is CCOC(=O)c1c(C2CC2)csc1NC(=O)Cc1coc2cc(OC)ccc12. The first-order chi connectivity index (χ1) is 13.6. The summed E-state index contributed by atoms with van der Waals surface area (Å²) >= 11 is 1.38. The molecule has 6 nitrogen and oxygen atoms in total. The third-order valence-corrected chi connectivity index (χ3v) is 5.70. The van der Waals surface area contributed by atoms with E-state index in [0.717, 1.165) is 29.4 Å². The van der Waals surface area contributed by atoms with Crippen LogP contribution in [0.1, 0.15) is 47.2 Å². The number of esters is 1. The Hall–Kier alpha value is -2.80. The molecular formula is C21H21NO5S. The maximum absolute atomic E-state index is 12.7. The second-order valence-electron chi connectivity index (χ2n) is 6.74. The predicted octanol–water partition coefficient (Wildman–Crippen LogP) is 4.74. The second-order valence-corrected chi connectivity index (χ2v) is 7.62. The Morgan fingerprint density at radius 3 is 2.86 bits per heavy atom. The van der Waals surface area contributed by atoms with Crippen molar-refractivity contribution in [2.75, 3.05) is 19.0 Å². The number of anilines is 1. The van der Waals surface area contributed by atoms with Crippen LogP contribution in [0.2, 0.25) is 0 Å². The molecule has 146 valence electrons. The highest BCUT2D eigenvalue weighted by molar-refractivity contribution is 7.15. The zero-order valence-electron chi connectivity index (χ0n) is 15.7. The molecule has 7 heteroatoms. The standard InChI is InChI=1S/C21H21NO5S/c1-3-26-21(24)19-16(12-4-5-12)11-28-20(19)22-18(23)8-13-10-27-17-9-14(25-2)6-7-15(13)17/h6-7,9-12H,3-5,8H2,1-2H3,(H,22,23). The Labute approximate surface area is 166 Å². The maximum atomic E-state index is 12.7. The average molecular weight is 399 g/mol. The number of thiophene rings is 1. The number of amides is 1. The van der Waals surface area contributed by atoms with Gasteiger partial charge in [-0.05, 0) is 48.8 Å². The smallest absolute Gasteiger partial charge is 0.341 e. The van der Waals surface area contributed by atoms with Crippen LogP contribution in [0.5, 0.6) is 5.75 Å². The molecule has 28 heavy (non-hydrogen) atoms. The minimum absolute atomic E-state index is 0.151. The van der Waals surface area contributed by atoms with E-state index >= 15 is 0 Å². The molecule has 1 amide bonds. The summed E-state index contributed by atoms with van der Waals surface area (Å²) in [5.41, 5.74) is 2.94. The van der Waals surface area contributed by atoms with Gasteiger partial charge in [-0.15, -0.1) is 11.3 Å². The number of carbonyl (C=O) groups excluding carboxylic acids is 2. The van der Waals surface area contributed by atoms with E-state index in [4.69, 9.17) is 13.9 Å². The minimum atomic E-state index is -0.373. The number of ether oxygens (including phenoxy) is 2. The van der Waals surface area contributed by atoms with Crippen molar-refractivity contribution < 1.29 is 23.5 Å². The summed E-state index contributed by atoms with van der Waals surface area (Å²) in [6.45, 7) is 2.08. The van der Waals surface area contributed by atoms with Crippen molar-refractivity contribution in [1.82, 2.24) is 0 Å². The summed E-state index contributed by atoms with van der Waals surface area (Å²) in [4.78, 5) is 25.1. The lowest BCUT2D eigenvalue weighted by Gasteiger charge is -2.08. The highest BCUT2D eigenvalue weighted by Crippen LogP contribution is 2.46. The Kier molecular flexibility index (Phi) is 5.09. The molecule has 0 radical (unpaired) electrons. The maximum Gasteiger partial charge on any atom is 0.341 e. The molecule has 0 aliphatic heterocycles. The lowest BCUT2D eigenvalue weighted by molar-refractivity contribution is -0.115. The lowest BCUT2D eigenvalue weighted by Crippen LogP contribution is -2.16. The first-order valence-electron chi connectivity index (χ1n) is 9.23. The second kappa shape index (κ2) is 7.67. The molecule has 4 rings (SSSR count). The van der Waals surface area contributed by atoms with Gasteiger partial charge in [0, 0.05) is 17.0 Å². The third-order valence-electron chi connectivity index (χ3n) is 4.78. The number of methoxy groups -OCH3 is 1. The third kappa shape index (κ3) is 3.62. The first kappa shape index (κ1) is 18.6. The molecule has 2 aromatic heterocycles. The lowest BCUT2D eigenvalue weighted by atomic mass is 10.1. The van der Waals surface area contributed by atoms with E-state index in [2.05, 4.69) is 5.32 Å². The normalized spacial score (nSPS) is 13.5. The minimum Gasteiger partial charge on any atom is -0.497 e. The highest BCUT2D eigenvalue weighted by atomic mass is 32.1. The topological polar surface area (TPSA) is 77.8 Å². The van der Waals surface area contributed by atoms with Gasteiger partial charge in [-0.25, -0.2) is 4.79 Å². The molecule has 0 saturated heterocycles. The van der Waals surface area contributed by atoms with Gasteiger partial charge in [-0.2, -0.15) is 0 Å². The van der Waals surface area contributed by atoms with Crippen molar-refractivity contribution in [3.63, 3.8) is 0 Å². The van der Waals surface area contributed by atoms with E-state index in [1.165, 1.54) is 11.3 Å². The van der Waals surface area contributed by atoms with Gasteiger partial charge in [-0.3, -0.25) is 4.79 Å². The molecule has 3 aromatic rings. The molecule has 1 fully saturated rings. The quantitative estimate of drug-likeness (QED) is 0.581. The fourth-order valence-corrected chi connectivity index (χ4v) is 4.29. The summed E-state index contributed by atoms with van der Waals surface area (Å²) in [5, 5.41) is 6.27. The molecule has 1 N–H and O–H groups in total. The van der Waals surface area contributed by atoms with Gasteiger partial charge in [0.1, 0.15) is 16.3 Å². The van der Waals surface area contributed by atoms with Crippen molar-refractivity contribution in [3.8, 4) is 5.75 Å². The van der Waals surface area contributed by atoms with Crippen LogP contribution in [0.4, 0.5) is 5.00 Å². The number of benzene rings is 1. The zero-order chi connectivity index (χ0) is 19.7. The van der Waals surface area contributed by atoms with Gasteiger partial charge in [0.15, 0.2) is 0 Å². The number of carbonyl (C=O) groups is 2. The molecular weight excluding hydrogens is 378 g/mol. The summed E-state index contributed by atoms with van der Waals surface area (Å²) < 4.78 is 15.9. The zero-order valence-corrected chi connectivity index (χ0v) is 16.6. The molecule has 1 aliphatic carbocycles. The van der Waals surface area contributed by atoms with Crippen LogP contribution < -0.4 is 10.1 Å². The number of fused-ring (bicyclic) bond motifs is 1. The number of hydrogen-bond donors (Lipinski definition) is 1. The summed E-state index contributed by atoms with van der Waals surface area (Å²) in [5.74, 6) is 0.521. The Balaban J connectivity index is 1.53. The average Bonchev–Trinajstić information content (AvgIpc) is 3.34. The Morgan fingerprint density at radius 1 is 1.32 bits per heavy atom. The van der Waals surface area contributed by atoms with Gasteiger partial charge in [0.25, 0.3) is 0 Å². The fourth-order valence-electron chi connectivity index (χ4n) is 3.24. The van der Waals surface area contributed by atoms with Gasteiger partial charge in [0.2, 0.25) is 5.91 Å². The summed E-state index contributed by atoms with van der Waals surface area (Å²) in [6, 6.07) is 5.50. The van der Waals surface area contributed by atoms with Gasteiger partial charge in [-0.1, -0.05) is 0 Å². The van der Waals surface area contributed by atoms with E-state index in [1.54, 1.807) is 26.4 Å². The molecule has 1 aliphatic rings. The van der Waals surface area contributed by atoms with Gasteiger partial charge in [0.05, 0.1) is 32.0 Å². The number of rotatable bonds is 7. The van der Waals surface area contributed by atoms with Crippen molar-refractivity contribution in [1.29, 1.82) is 0 Å². The molecule has 0 atom stereocenters. The number of nitrogens with one attached hydrogen (secondary N) is 1. The number of hydrogen-bond acceptors (Lipinski definition) is 6. The van der Waals surface area contributed by atoms with Crippen LogP contribution in [0, 0.1) is 0 Å². The largest absolute Gasteiger partial charge is 0.497 e. The van der Waals surface area contributed by atoms with Crippen molar-refractivity contribution >= 4 is 39.2 Å². The Morgan fingerprint density at radius 2 is 2.14 bits per heavy atom. The highest BCUT2D eigenvalue weighted by Gasteiger charge is 2.32. The molecule has 0 spiro atoms. The van der Waals surface area contributed by atoms with Crippen molar-refractivity contribution in [2.45, 2.75) is 32.1 Å². The van der Waals surface area contributed by atoms with E-state index in [-0.39, 0.29) is 18.3 Å². The molecule has 2 heterocycles. The Bertz CT molecular complexity index is 1030. The summed E-state index contributed by atoms with van der Waals surface area (Å²) in [7, 11) is 1.59. The molecule has 0 unspecified atom stereocenters. The van der Waals surface area contributed by atoms with Crippen LogP contribution in [0.15, 0.2) is 34.3 Å². The van der Waals surface area contributed by atoms with Crippen LogP contribution in [0.3, 0.4) is 0 Å². The van der Waals surface area contributed by atoms with E-state index in [0.29, 0.717) is 34.4 Å². The van der Waals surface area contributed by atoms with E-state index in [9.17, 15) is 9.59 Å². The monoisotopic (exact) mass is 399 g/mol. The molecule has 1 saturated carbocycles. The van der Waals surface area contributed by atoms with Gasteiger partial charge < -0.3 is 19.2 Å². The van der Waals surface area contributed by atoms with E-state index < -0.39 is 0 Å². The van der Waals surface area contributed by atoms with Crippen LogP contribution >= 0.6 is 11.3 Å². The number of furan rings is 1. The van der Waals surface area contributed by atoms with Crippen molar-refractivity contribution in [3.05, 3.63) is 46.5 Å². The first-order valence-corrected chi connectivity index (χ1v) is 10.1. The van der Waals surface area contributed by atoms with Crippen LogP contribution in [-0.2, 0) is 16.0 Å². The molecule has 1 aromatic carbocycles. The van der Waals surface area contributed by atoms with Gasteiger partial charge >= 0.3 is 5.97 Å². The van der Waals surface area contributed by atoms with Crippen molar-refractivity contribution in [2.24, 2.45) is 0 Å².